The monoisotopic (exact) mass is 698 g/mol. The van der Waals surface area contributed by atoms with Crippen LogP contribution in [0.25, 0.3) is 78.4 Å². The zero-order valence-electron chi connectivity index (χ0n) is 30.0. The molecular formula is C53H34N2. The second-order valence-corrected chi connectivity index (χ2v) is 14.4. The van der Waals surface area contributed by atoms with E-state index in [1.165, 1.54) is 55.6 Å². The number of hydrogen-bond donors (Lipinski definition) is 0. The van der Waals surface area contributed by atoms with E-state index in [1.807, 2.05) is 0 Å². The Hall–Kier alpha value is -7.16. The van der Waals surface area contributed by atoms with Crippen LogP contribution in [0.4, 0.5) is 0 Å². The molecule has 0 saturated heterocycles. The van der Waals surface area contributed by atoms with Gasteiger partial charge in [-0.3, -0.25) is 0 Å². The van der Waals surface area contributed by atoms with Crippen molar-refractivity contribution >= 4 is 0 Å². The van der Waals surface area contributed by atoms with E-state index in [9.17, 15) is 0 Å². The van der Waals surface area contributed by atoms with E-state index in [0.717, 1.165) is 39.2 Å². The van der Waals surface area contributed by atoms with Crippen molar-refractivity contribution in [2.75, 3.05) is 0 Å². The van der Waals surface area contributed by atoms with E-state index in [-0.39, 0.29) is 0 Å². The molecule has 0 saturated carbocycles. The van der Waals surface area contributed by atoms with Gasteiger partial charge in [0.2, 0.25) is 0 Å². The largest absolute Gasteiger partial charge is 0.228 e. The molecule has 2 heteroatoms. The Morgan fingerprint density at radius 3 is 1.31 bits per heavy atom. The van der Waals surface area contributed by atoms with Crippen molar-refractivity contribution in [3.05, 3.63) is 229 Å². The van der Waals surface area contributed by atoms with Gasteiger partial charge in [-0.15, -0.1) is 0 Å². The lowest BCUT2D eigenvalue weighted by molar-refractivity contribution is 0.775. The van der Waals surface area contributed by atoms with Crippen LogP contribution in [0.1, 0.15) is 22.3 Å². The maximum atomic E-state index is 5.50. The molecule has 11 rings (SSSR count). The topological polar surface area (TPSA) is 25.8 Å². The van der Waals surface area contributed by atoms with Crippen LogP contribution in [0.3, 0.4) is 0 Å². The minimum Gasteiger partial charge on any atom is -0.228 e. The molecule has 0 atom stereocenters. The van der Waals surface area contributed by atoms with Crippen molar-refractivity contribution in [3.8, 4) is 78.4 Å². The molecule has 55 heavy (non-hydrogen) atoms. The molecule has 1 aromatic heterocycles. The lowest BCUT2D eigenvalue weighted by atomic mass is 9.66. The summed E-state index contributed by atoms with van der Waals surface area (Å²) in [6.45, 7) is 0. The number of benzene rings is 8. The van der Waals surface area contributed by atoms with Crippen LogP contribution in [0.2, 0.25) is 0 Å². The quantitative estimate of drug-likeness (QED) is 0.183. The Morgan fingerprint density at radius 1 is 0.273 bits per heavy atom. The highest BCUT2D eigenvalue weighted by atomic mass is 14.9. The van der Waals surface area contributed by atoms with Crippen LogP contribution in [-0.4, -0.2) is 9.97 Å². The van der Waals surface area contributed by atoms with Gasteiger partial charge in [0.15, 0.2) is 5.82 Å². The third-order valence-electron chi connectivity index (χ3n) is 11.6. The first-order valence-corrected chi connectivity index (χ1v) is 18.9. The van der Waals surface area contributed by atoms with Gasteiger partial charge in [0.1, 0.15) is 0 Å². The summed E-state index contributed by atoms with van der Waals surface area (Å²) >= 11 is 0. The molecule has 1 spiro atoms. The Balaban J connectivity index is 1.23. The average molecular weight is 699 g/mol. The predicted octanol–water partition coefficient (Wildman–Crippen LogP) is 13.2. The zero-order valence-corrected chi connectivity index (χ0v) is 30.0. The minimum absolute atomic E-state index is 0.575. The van der Waals surface area contributed by atoms with E-state index in [1.54, 1.807) is 0 Å². The summed E-state index contributed by atoms with van der Waals surface area (Å²) in [5.74, 6) is 0.710. The van der Waals surface area contributed by atoms with Gasteiger partial charge in [-0.25, -0.2) is 9.97 Å². The van der Waals surface area contributed by atoms with Crippen LogP contribution < -0.4 is 0 Å². The lowest BCUT2D eigenvalue weighted by Crippen LogP contribution is -2.29. The van der Waals surface area contributed by atoms with Gasteiger partial charge in [-0.1, -0.05) is 200 Å². The fourth-order valence-electron chi connectivity index (χ4n) is 9.32. The fourth-order valence-corrected chi connectivity index (χ4v) is 9.32. The lowest BCUT2D eigenvalue weighted by Gasteiger charge is -2.35. The molecule has 2 aliphatic carbocycles. The standard InChI is InChI=1S/C53H34N2/c1-3-18-35(19-4-1)37-22-7-10-27-42(37)50-34-49(36-20-5-2-6-21-36)54-52(55-50)44-29-17-33-48-51(44)43-28-13-16-32-47(43)53(48)45-30-14-11-25-40(45)38-23-8-9-24-39(38)41-26-12-15-31-46(41)53/h1-34H. The Morgan fingerprint density at radius 2 is 0.691 bits per heavy atom. The average Bonchev–Trinajstić information content (AvgIpc) is 3.52. The van der Waals surface area contributed by atoms with E-state index >= 15 is 0 Å². The molecule has 0 aliphatic heterocycles. The number of nitrogens with zero attached hydrogens (tertiary/aromatic N) is 2. The molecule has 0 unspecified atom stereocenters. The molecule has 2 nitrogen and oxygen atoms in total. The summed E-state index contributed by atoms with van der Waals surface area (Å²) in [5, 5.41) is 0. The van der Waals surface area contributed by atoms with E-state index in [4.69, 9.17) is 9.97 Å². The number of hydrogen-bond acceptors (Lipinski definition) is 2. The highest BCUT2D eigenvalue weighted by Gasteiger charge is 2.50. The number of fused-ring (bicyclic) bond motifs is 12. The molecular weight excluding hydrogens is 665 g/mol. The molecule has 9 aromatic rings. The van der Waals surface area contributed by atoms with Gasteiger partial charge in [-0.05, 0) is 72.8 Å². The van der Waals surface area contributed by atoms with E-state index in [0.29, 0.717) is 5.82 Å². The SMILES string of the molecule is c1ccc(-c2cc(-c3ccccc3-c3ccccc3)nc(-c3cccc4c3-c3ccccc3C43c4ccccc4-c4ccccc4-c4ccccc43)n2)cc1. The molecule has 2 aliphatic rings. The second-order valence-electron chi connectivity index (χ2n) is 14.4. The van der Waals surface area contributed by atoms with Gasteiger partial charge in [0.25, 0.3) is 0 Å². The molecule has 0 bridgehead atoms. The maximum Gasteiger partial charge on any atom is 0.161 e. The van der Waals surface area contributed by atoms with Gasteiger partial charge in [-0.2, -0.15) is 0 Å². The predicted molar refractivity (Wildman–Crippen MR) is 226 cm³/mol. The van der Waals surface area contributed by atoms with Gasteiger partial charge >= 0.3 is 0 Å². The van der Waals surface area contributed by atoms with Crippen LogP contribution in [0, 0.1) is 0 Å². The van der Waals surface area contributed by atoms with Crippen molar-refractivity contribution in [2.45, 2.75) is 5.41 Å². The van der Waals surface area contributed by atoms with Crippen molar-refractivity contribution in [2.24, 2.45) is 0 Å². The number of rotatable bonds is 4. The van der Waals surface area contributed by atoms with Crippen LogP contribution in [-0.2, 0) is 5.41 Å². The summed E-state index contributed by atoms with van der Waals surface area (Å²) in [6.07, 6.45) is 0. The van der Waals surface area contributed by atoms with E-state index < -0.39 is 5.41 Å². The Labute approximate surface area is 321 Å². The molecule has 256 valence electrons. The molecule has 1 heterocycles. The summed E-state index contributed by atoms with van der Waals surface area (Å²) in [6, 6.07) is 74.5. The Kier molecular flexibility index (Phi) is 7.11. The maximum absolute atomic E-state index is 5.50. The third-order valence-corrected chi connectivity index (χ3v) is 11.6. The zero-order chi connectivity index (χ0) is 36.3. The minimum atomic E-state index is -0.575. The van der Waals surface area contributed by atoms with Crippen molar-refractivity contribution < 1.29 is 0 Å². The second kappa shape index (κ2) is 12.5. The van der Waals surface area contributed by atoms with Crippen LogP contribution >= 0.6 is 0 Å². The summed E-state index contributed by atoms with van der Waals surface area (Å²) in [5.41, 5.74) is 19.2. The highest BCUT2D eigenvalue weighted by Crippen LogP contribution is 2.62. The third kappa shape index (κ3) is 4.68. The first-order valence-electron chi connectivity index (χ1n) is 18.9. The van der Waals surface area contributed by atoms with Gasteiger partial charge < -0.3 is 0 Å². The van der Waals surface area contributed by atoms with Crippen molar-refractivity contribution in [1.29, 1.82) is 0 Å². The Bertz CT molecular complexity index is 2860. The van der Waals surface area contributed by atoms with Crippen molar-refractivity contribution in [1.82, 2.24) is 9.97 Å². The molecule has 0 fully saturated rings. The molecule has 0 amide bonds. The van der Waals surface area contributed by atoms with Gasteiger partial charge in [0, 0.05) is 16.7 Å². The van der Waals surface area contributed by atoms with Crippen molar-refractivity contribution in [3.63, 3.8) is 0 Å². The molecule has 0 radical (unpaired) electrons. The fraction of sp³-hybridized carbons (Fsp3) is 0.0189. The smallest absolute Gasteiger partial charge is 0.161 e. The van der Waals surface area contributed by atoms with E-state index in [2.05, 4.69) is 206 Å². The van der Waals surface area contributed by atoms with Crippen LogP contribution in [0.5, 0.6) is 0 Å². The van der Waals surface area contributed by atoms with Gasteiger partial charge in [0.05, 0.1) is 16.8 Å². The summed E-state index contributed by atoms with van der Waals surface area (Å²) in [7, 11) is 0. The molecule has 8 aromatic carbocycles. The summed E-state index contributed by atoms with van der Waals surface area (Å²) < 4.78 is 0. The highest BCUT2D eigenvalue weighted by molar-refractivity contribution is 6.00. The molecule has 0 N–H and O–H groups in total. The summed E-state index contributed by atoms with van der Waals surface area (Å²) in [4.78, 5) is 10.9. The van der Waals surface area contributed by atoms with Crippen LogP contribution in [0.15, 0.2) is 206 Å². The normalized spacial score (nSPS) is 12.9. The first kappa shape index (κ1) is 31.4. The number of aromatic nitrogens is 2. The first-order chi connectivity index (χ1) is 27.3.